The van der Waals surface area contributed by atoms with Crippen LogP contribution in [0.5, 0.6) is 0 Å². The number of carbonyl (C=O) groups is 1. The largest absolute Gasteiger partial charge is 0.478 e. The summed E-state index contributed by atoms with van der Waals surface area (Å²) in [6.45, 7) is -0.716. The number of carboxylic acid groups (broad SMARTS) is 1. The zero-order valence-electron chi connectivity index (χ0n) is 3.90. The monoisotopic (exact) mass is 211 g/mol. The van der Waals surface area contributed by atoms with E-state index >= 15 is 0 Å². The zero-order chi connectivity index (χ0) is 5.70. The Bertz CT molecular complexity index is 92.0. The Morgan fingerprint density at radius 3 is 2.38 bits per heavy atom. The molecule has 0 saturated heterocycles. The summed E-state index contributed by atoms with van der Waals surface area (Å²) in [7, 11) is 0. The van der Waals surface area contributed by atoms with Gasteiger partial charge in [0, 0.05) is 28.5 Å². The number of alkyl halides is 1. The van der Waals surface area contributed by atoms with Gasteiger partial charge in [0.1, 0.15) is 6.67 Å². The maximum absolute atomic E-state index is 11.0. The van der Waals surface area contributed by atoms with Crippen molar-refractivity contribution in [3.8, 4) is 0 Å². The van der Waals surface area contributed by atoms with Crippen molar-refractivity contribution < 1.29 is 36.7 Å². The average molecular weight is 212 g/mol. The fraction of sp³-hybridized carbons (Fsp3) is 0.250. The van der Waals surface area contributed by atoms with Gasteiger partial charge in [0.15, 0.2) is 0 Å². The number of carboxylic acids is 1. The third-order valence-corrected chi connectivity index (χ3v) is 0.350. The Morgan fingerprint density at radius 1 is 1.75 bits per heavy atom. The predicted molar refractivity (Wildman–Crippen MR) is 22.8 cm³/mol. The van der Waals surface area contributed by atoms with E-state index in [1.165, 1.54) is 0 Å². The van der Waals surface area contributed by atoms with Gasteiger partial charge in [-0.1, -0.05) is 0 Å². The molecule has 2 nitrogen and oxygen atoms in total. The summed E-state index contributed by atoms with van der Waals surface area (Å²) >= 11 is 0. The van der Waals surface area contributed by atoms with Gasteiger partial charge in [0.25, 0.3) is 0 Å². The topological polar surface area (TPSA) is 37.3 Å². The molecule has 0 aromatic rings. The summed E-state index contributed by atoms with van der Waals surface area (Å²) in [5, 5.41) is 7.79. The number of hydrogen-bond donors (Lipinski definition) is 1. The molecular formula is C4H5AgFO2. The molecule has 51 valence electrons. The fourth-order valence-corrected chi connectivity index (χ4v) is 0.145. The molecule has 0 aliphatic heterocycles. The van der Waals surface area contributed by atoms with Gasteiger partial charge in [-0.25, -0.2) is 9.18 Å². The zero-order valence-corrected chi connectivity index (χ0v) is 5.38. The first-order chi connectivity index (χ1) is 3.27. The minimum Gasteiger partial charge on any atom is -0.478 e. The standard InChI is InChI=1S/C4H5FO2.Ag/c5-3-1-2-4(6)7;/h1-2H,3H2,(H,6,7);/b2-1+;. The van der Waals surface area contributed by atoms with Crippen molar-refractivity contribution in [1.29, 1.82) is 0 Å². The first-order valence-corrected chi connectivity index (χ1v) is 1.73. The summed E-state index contributed by atoms with van der Waals surface area (Å²) < 4.78 is 11.0. The average Bonchev–Trinajstić information content (AvgIpc) is 1.61. The van der Waals surface area contributed by atoms with E-state index in [1.807, 2.05) is 0 Å². The summed E-state index contributed by atoms with van der Waals surface area (Å²) in [4.78, 5) is 9.50. The third kappa shape index (κ3) is 9.30. The van der Waals surface area contributed by atoms with Crippen LogP contribution in [0.2, 0.25) is 0 Å². The van der Waals surface area contributed by atoms with Crippen LogP contribution in [0.3, 0.4) is 0 Å². The Labute approximate surface area is 61.9 Å². The van der Waals surface area contributed by atoms with Gasteiger partial charge in [-0.15, -0.1) is 0 Å². The second kappa shape index (κ2) is 6.88. The van der Waals surface area contributed by atoms with Crippen LogP contribution >= 0.6 is 0 Å². The van der Waals surface area contributed by atoms with E-state index in [1.54, 1.807) is 0 Å². The van der Waals surface area contributed by atoms with Crippen LogP contribution in [-0.4, -0.2) is 17.8 Å². The maximum atomic E-state index is 11.0. The Morgan fingerprint density at radius 2 is 2.25 bits per heavy atom. The van der Waals surface area contributed by atoms with Crippen molar-refractivity contribution in [2.24, 2.45) is 0 Å². The van der Waals surface area contributed by atoms with E-state index in [2.05, 4.69) is 0 Å². The van der Waals surface area contributed by atoms with E-state index < -0.39 is 12.6 Å². The van der Waals surface area contributed by atoms with Crippen LogP contribution in [0.15, 0.2) is 12.2 Å². The molecule has 0 unspecified atom stereocenters. The summed E-state index contributed by atoms with van der Waals surface area (Å²) in [5.74, 6) is -1.11. The number of halogens is 1. The molecule has 4 heteroatoms. The van der Waals surface area contributed by atoms with Crippen LogP contribution in [0, 0.1) is 0 Å². The summed E-state index contributed by atoms with van der Waals surface area (Å²) in [6.07, 6.45) is 1.70. The molecular weight excluding hydrogens is 207 g/mol. The maximum Gasteiger partial charge on any atom is 0.328 e. The van der Waals surface area contributed by atoms with Gasteiger partial charge in [-0.05, 0) is 6.08 Å². The number of allylic oxidation sites excluding steroid dienone is 1. The van der Waals surface area contributed by atoms with Crippen molar-refractivity contribution in [2.45, 2.75) is 0 Å². The minimum atomic E-state index is -1.11. The molecule has 1 N–H and O–H groups in total. The van der Waals surface area contributed by atoms with Crippen molar-refractivity contribution >= 4 is 5.97 Å². The number of aliphatic carboxylic acids is 1. The van der Waals surface area contributed by atoms with E-state index in [-0.39, 0.29) is 22.4 Å². The molecule has 0 heterocycles. The molecule has 0 rings (SSSR count). The van der Waals surface area contributed by atoms with Crippen LogP contribution in [0.25, 0.3) is 0 Å². The fourth-order valence-electron chi connectivity index (χ4n) is 0.145. The number of rotatable bonds is 2. The predicted octanol–water partition coefficient (Wildman–Crippen LogP) is 0.594. The Kier molecular flexibility index (Phi) is 9.28. The normalized spacial score (nSPS) is 8.62. The van der Waals surface area contributed by atoms with Gasteiger partial charge in [-0.3, -0.25) is 0 Å². The molecule has 0 spiro atoms. The molecule has 0 aliphatic carbocycles. The van der Waals surface area contributed by atoms with Crippen molar-refractivity contribution in [1.82, 2.24) is 0 Å². The molecule has 0 aromatic carbocycles. The molecule has 8 heavy (non-hydrogen) atoms. The van der Waals surface area contributed by atoms with Crippen molar-refractivity contribution in [3.63, 3.8) is 0 Å². The molecule has 0 aliphatic rings. The molecule has 1 radical (unpaired) electrons. The van der Waals surface area contributed by atoms with Crippen LogP contribution in [0.4, 0.5) is 4.39 Å². The third-order valence-electron chi connectivity index (χ3n) is 0.350. The second-order valence-corrected chi connectivity index (χ2v) is 0.895. The quantitative estimate of drug-likeness (QED) is 0.537. The van der Waals surface area contributed by atoms with Gasteiger partial charge >= 0.3 is 5.97 Å². The van der Waals surface area contributed by atoms with Gasteiger partial charge < -0.3 is 5.11 Å². The van der Waals surface area contributed by atoms with Crippen LogP contribution < -0.4 is 0 Å². The smallest absolute Gasteiger partial charge is 0.328 e. The molecule has 0 bridgehead atoms. The van der Waals surface area contributed by atoms with Crippen molar-refractivity contribution in [2.75, 3.05) is 6.67 Å². The molecule has 0 aromatic heterocycles. The van der Waals surface area contributed by atoms with Crippen LogP contribution in [0.1, 0.15) is 0 Å². The first-order valence-electron chi connectivity index (χ1n) is 1.73. The van der Waals surface area contributed by atoms with E-state index in [4.69, 9.17) is 5.11 Å². The van der Waals surface area contributed by atoms with Crippen molar-refractivity contribution in [3.05, 3.63) is 12.2 Å². The van der Waals surface area contributed by atoms with Gasteiger partial charge in [-0.2, -0.15) is 0 Å². The van der Waals surface area contributed by atoms with E-state index in [0.29, 0.717) is 0 Å². The molecule has 0 atom stereocenters. The van der Waals surface area contributed by atoms with Gasteiger partial charge in [0.05, 0.1) is 0 Å². The Balaban J connectivity index is 0. The molecule has 0 amide bonds. The SMILES string of the molecule is O=C(O)/C=C/CF.[Ag]. The Hall–Kier alpha value is -0.120. The molecule has 0 saturated carbocycles. The molecule has 0 fully saturated rings. The van der Waals surface area contributed by atoms with Crippen LogP contribution in [-0.2, 0) is 27.2 Å². The minimum absolute atomic E-state index is 0. The van der Waals surface area contributed by atoms with E-state index in [0.717, 1.165) is 12.2 Å². The summed E-state index contributed by atoms with van der Waals surface area (Å²) in [5.41, 5.74) is 0. The summed E-state index contributed by atoms with van der Waals surface area (Å²) in [6, 6.07) is 0. The van der Waals surface area contributed by atoms with E-state index in [9.17, 15) is 9.18 Å². The number of hydrogen-bond acceptors (Lipinski definition) is 1. The first kappa shape index (κ1) is 10.8. The second-order valence-electron chi connectivity index (χ2n) is 0.895. The van der Waals surface area contributed by atoms with Gasteiger partial charge in [0.2, 0.25) is 0 Å².